The molecule has 0 bridgehead atoms. The molecule has 0 aliphatic carbocycles. The van der Waals surface area contributed by atoms with Crippen LogP contribution in [0.15, 0.2) is 121 Å². The van der Waals surface area contributed by atoms with Crippen LogP contribution in [0.3, 0.4) is 0 Å². The van der Waals surface area contributed by atoms with Gasteiger partial charge in [-0.3, -0.25) is 0 Å². The number of hydrogen-bond acceptors (Lipinski definition) is 1. The largest absolute Gasteiger partial charge is 0.366 e. The summed E-state index contributed by atoms with van der Waals surface area (Å²) in [5.74, 6) is 0. The fraction of sp³-hybridized carbons (Fsp3) is 0.294. The summed E-state index contributed by atoms with van der Waals surface area (Å²) in [6, 6.07) is 43.2. The van der Waals surface area contributed by atoms with Crippen LogP contribution in [-0.2, 0) is 17.6 Å². The van der Waals surface area contributed by atoms with Crippen molar-refractivity contribution in [2.24, 2.45) is 0 Å². The third-order valence-electron chi connectivity index (χ3n) is 6.72. The van der Waals surface area contributed by atoms with Crippen molar-refractivity contribution >= 4 is 0 Å². The molecule has 0 fully saturated rings. The predicted octanol–water partition coefficient (Wildman–Crippen LogP) is 9.31. The lowest BCUT2D eigenvalue weighted by Gasteiger charge is -2.26. The Morgan fingerprint density at radius 3 is 1.11 bits per heavy atom. The quantitative estimate of drug-likeness (QED) is 0.170. The SMILES string of the molecule is c1ccc(CCCCC(OC(CCCCc2ccccc2)c2ccccc2)c2ccccc2)cc1. The van der Waals surface area contributed by atoms with Gasteiger partial charge in [-0.15, -0.1) is 0 Å². The smallest absolute Gasteiger partial charge is 0.0833 e. The first-order chi connectivity index (χ1) is 17.4. The molecule has 0 radical (unpaired) electrons. The van der Waals surface area contributed by atoms with E-state index in [1.165, 1.54) is 35.1 Å². The van der Waals surface area contributed by atoms with E-state index in [1.54, 1.807) is 0 Å². The molecule has 0 saturated heterocycles. The minimum absolute atomic E-state index is 0.117. The van der Waals surface area contributed by atoms with Crippen LogP contribution in [-0.4, -0.2) is 0 Å². The summed E-state index contributed by atoms with van der Waals surface area (Å²) in [6.07, 6.45) is 9.27. The minimum Gasteiger partial charge on any atom is -0.366 e. The molecule has 0 heterocycles. The molecular formula is C34H38O. The summed E-state index contributed by atoms with van der Waals surface area (Å²) >= 11 is 0. The molecule has 4 aromatic carbocycles. The molecular weight excluding hydrogens is 424 g/mol. The molecule has 2 atom stereocenters. The maximum atomic E-state index is 6.93. The highest BCUT2D eigenvalue weighted by molar-refractivity contribution is 5.21. The van der Waals surface area contributed by atoms with Crippen LogP contribution in [0.25, 0.3) is 0 Å². The Balaban J connectivity index is 1.38. The summed E-state index contributed by atoms with van der Waals surface area (Å²) in [5, 5.41) is 0. The van der Waals surface area contributed by atoms with E-state index >= 15 is 0 Å². The van der Waals surface area contributed by atoms with E-state index in [4.69, 9.17) is 4.74 Å². The fourth-order valence-electron chi connectivity index (χ4n) is 4.77. The monoisotopic (exact) mass is 462 g/mol. The van der Waals surface area contributed by atoms with Gasteiger partial charge in [0.25, 0.3) is 0 Å². The number of ether oxygens (including phenoxy) is 1. The number of hydrogen-bond donors (Lipinski definition) is 0. The Morgan fingerprint density at radius 2 is 0.743 bits per heavy atom. The average molecular weight is 463 g/mol. The molecule has 2 unspecified atom stereocenters. The maximum absolute atomic E-state index is 6.93. The van der Waals surface area contributed by atoms with E-state index in [1.807, 2.05) is 0 Å². The lowest BCUT2D eigenvalue weighted by Crippen LogP contribution is -2.11. The first-order valence-electron chi connectivity index (χ1n) is 13.2. The summed E-state index contributed by atoms with van der Waals surface area (Å²) in [6.45, 7) is 0. The van der Waals surface area contributed by atoms with Crippen molar-refractivity contribution < 1.29 is 4.74 Å². The van der Waals surface area contributed by atoms with Crippen LogP contribution in [0.4, 0.5) is 0 Å². The molecule has 35 heavy (non-hydrogen) atoms. The first-order valence-corrected chi connectivity index (χ1v) is 13.2. The van der Waals surface area contributed by atoms with E-state index in [-0.39, 0.29) is 12.2 Å². The molecule has 0 aromatic heterocycles. The average Bonchev–Trinajstić information content (AvgIpc) is 2.94. The van der Waals surface area contributed by atoms with Crippen molar-refractivity contribution in [2.75, 3.05) is 0 Å². The number of unbranched alkanes of at least 4 members (excludes halogenated alkanes) is 2. The van der Waals surface area contributed by atoms with Gasteiger partial charge in [0.1, 0.15) is 0 Å². The van der Waals surface area contributed by atoms with Gasteiger partial charge in [-0.25, -0.2) is 0 Å². The molecule has 180 valence electrons. The van der Waals surface area contributed by atoms with Gasteiger partial charge in [0.05, 0.1) is 12.2 Å². The van der Waals surface area contributed by atoms with Crippen LogP contribution < -0.4 is 0 Å². The number of rotatable bonds is 14. The second-order valence-electron chi connectivity index (χ2n) is 9.40. The number of benzene rings is 4. The highest BCUT2D eigenvalue weighted by Crippen LogP contribution is 2.34. The zero-order valence-corrected chi connectivity index (χ0v) is 20.8. The molecule has 4 rings (SSSR count). The van der Waals surface area contributed by atoms with Gasteiger partial charge in [0, 0.05) is 0 Å². The fourth-order valence-corrected chi connectivity index (χ4v) is 4.77. The van der Waals surface area contributed by atoms with Gasteiger partial charge >= 0.3 is 0 Å². The number of aryl methyl sites for hydroxylation is 2. The summed E-state index contributed by atoms with van der Waals surface area (Å²) in [4.78, 5) is 0. The Labute approximate surface area is 211 Å². The van der Waals surface area contributed by atoms with Gasteiger partial charge in [-0.2, -0.15) is 0 Å². The molecule has 0 aliphatic rings. The lowest BCUT2D eigenvalue weighted by molar-refractivity contribution is -0.0262. The van der Waals surface area contributed by atoms with Gasteiger partial charge in [-0.05, 0) is 60.8 Å². The van der Waals surface area contributed by atoms with E-state index in [9.17, 15) is 0 Å². The predicted molar refractivity (Wildman–Crippen MR) is 147 cm³/mol. The van der Waals surface area contributed by atoms with E-state index in [2.05, 4.69) is 121 Å². The zero-order valence-electron chi connectivity index (χ0n) is 20.8. The molecule has 0 saturated carbocycles. The molecule has 1 heteroatoms. The topological polar surface area (TPSA) is 9.23 Å². The standard InChI is InChI=1S/C34H38O/c1-5-17-29(18-6-1)21-13-15-27-33(31-23-9-3-10-24-31)35-34(32-25-11-4-12-26-32)28-16-14-22-30-19-7-2-8-20-30/h1-12,17-20,23-26,33-34H,13-16,21-22,27-28H2. The minimum atomic E-state index is 0.117. The molecule has 0 aliphatic heterocycles. The highest BCUT2D eigenvalue weighted by Gasteiger charge is 2.20. The van der Waals surface area contributed by atoms with Crippen molar-refractivity contribution in [1.82, 2.24) is 0 Å². The Hall–Kier alpha value is -3.16. The molecule has 0 spiro atoms. The molecule has 0 N–H and O–H groups in total. The molecule has 4 aromatic rings. The van der Waals surface area contributed by atoms with Crippen molar-refractivity contribution in [3.8, 4) is 0 Å². The van der Waals surface area contributed by atoms with Crippen LogP contribution in [0, 0.1) is 0 Å². The third kappa shape index (κ3) is 8.53. The second-order valence-corrected chi connectivity index (χ2v) is 9.40. The third-order valence-corrected chi connectivity index (χ3v) is 6.72. The summed E-state index contributed by atoms with van der Waals surface area (Å²) in [5.41, 5.74) is 5.42. The Morgan fingerprint density at radius 1 is 0.400 bits per heavy atom. The second kappa shape index (κ2) is 14.3. The van der Waals surface area contributed by atoms with Gasteiger partial charge in [0.2, 0.25) is 0 Å². The normalized spacial score (nSPS) is 12.8. The van der Waals surface area contributed by atoms with Crippen LogP contribution in [0.1, 0.15) is 73.0 Å². The van der Waals surface area contributed by atoms with E-state index in [0.29, 0.717) is 0 Å². The van der Waals surface area contributed by atoms with Crippen molar-refractivity contribution in [3.05, 3.63) is 144 Å². The van der Waals surface area contributed by atoms with E-state index < -0.39 is 0 Å². The van der Waals surface area contributed by atoms with E-state index in [0.717, 1.165) is 38.5 Å². The summed E-state index contributed by atoms with van der Waals surface area (Å²) < 4.78 is 6.93. The maximum Gasteiger partial charge on any atom is 0.0833 e. The van der Waals surface area contributed by atoms with Crippen LogP contribution in [0.2, 0.25) is 0 Å². The van der Waals surface area contributed by atoms with Crippen molar-refractivity contribution in [2.45, 2.75) is 63.6 Å². The Kier molecular flexibility index (Phi) is 10.2. The molecule has 0 amide bonds. The van der Waals surface area contributed by atoms with Gasteiger partial charge in [0.15, 0.2) is 0 Å². The lowest BCUT2D eigenvalue weighted by atomic mass is 9.98. The zero-order chi connectivity index (χ0) is 24.0. The van der Waals surface area contributed by atoms with Gasteiger partial charge in [-0.1, -0.05) is 134 Å². The van der Waals surface area contributed by atoms with Crippen molar-refractivity contribution in [3.63, 3.8) is 0 Å². The highest BCUT2D eigenvalue weighted by atomic mass is 16.5. The Bertz CT molecular complexity index is 972. The summed E-state index contributed by atoms with van der Waals surface area (Å²) in [7, 11) is 0. The van der Waals surface area contributed by atoms with Crippen LogP contribution >= 0.6 is 0 Å². The van der Waals surface area contributed by atoms with Crippen LogP contribution in [0.5, 0.6) is 0 Å². The van der Waals surface area contributed by atoms with Crippen molar-refractivity contribution in [1.29, 1.82) is 0 Å². The first kappa shape index (κ1) is 24.9. The van der Waals surface area contributed by atoms with Gasteiger partial charge < -0.3 is 4.74 Å². The molecule has 1 nitrogen and oxygen atoms in total.